The zero-order valence-corrected chi connectivity index (χ0v) is 13.0. The molecule has 2 nitrogen and oxygen atoms in total. The zero-order valence-electron chi connectivity index (χ0n) is 10.6. The first-order valence-corrected chi connectivity index (χ1v) is 7.67. The Morgan fingerprint density at radius 3 is 2.67 bits per heavy atom. The van der Waals surface area contributed by atoms with Crippen LogP contribution in [0.4, 0.5) is 0 Å². The van der Waals surface area contributed by atoms with Gasteiger partial charge in [-0.15, -0.1) is 11.3 Å². The molecule has 0 spiro atoms. The Hall–Kier alpha value is -0.710. The lowest BCUT2D eigenvalue weighted by molar-refractivity contribution is 0.554. The van der Waals surface area contributed by atoms with Crippen LogP contribution in [-0.2, 0) is 6.54 Å². The molecule has 2 rings (SSSR count). The molecule has 0 bridgehead atoms. The highest BCUT2D eigenvalue weighted by atomic mass is 79.9. The van der Waals surface area contributed by atoms with Gasteiger partial charge < -0.3 is 5.32 Å². The van der Waals surface area contributed by atoms with E-state index in [-0.39, 0.29) is 0 Å². The monoisotopic (exact) mass is 324 g/mol. The average Bonchev–Trinajstić information content (AvgIpc) is 2.78. The second kappa shape index (κ2) is 6.45. The summed E-state index contributed by atoms with van der Waals surface area (Å²) >= 11 is 5.20. The Labute approximate surface area is 121 Å². The van der Waals surface area contributed by atoms with Crippen molar-refractivity contribution in [3.63, 3.8) is 0 Å². The molecule has 0 amide bonds. The first-order valence-electron chi connectivity index (χ1n) is 6.06. The number of aromatic nitrogens is 1. The summed E-state index contributed by atoms with van der Waals surface area (Å²) in [4.78, 5) is 5.76. The Kier molecular flexibility index (Phi) is 4.92. The van der Waals surface area contributed by atoms with Crippen molar-refractivity contribution in [2.24, 2.45) is 5.92 Å². The second-order valence-electron chi connectivity index (χ2n) is 4.66. The number of rotatable bonds is 5. The van der Waals surface area contributed by atoms with Crippen molar-refractivity contribution in [1.29, 1.82) is 0 Å². The highest BCUT2D eigenvalue weighted by Gasteiger charge is 2.04. The quantitative estimate of drug-likeness (QED) is 0.886. The van der Waals surface area contributed by atoms with E-state index in [0.29, 0.717) is 5.92 Å². The molecule has 0 aliphatic heterocycles. The van der Waals surface area contributed by atoms with Crippen LogP contribution in [0.3, 0.4) is 0 Å². The van der Waals surface area contributed by atoms with Crippen LogP contribution < -0.4 is 5.32 Å². The smallest absolute Gasteiger partial charge is 0.123 e. The Bertz CT molecular complexity index is 491. The van der Waals surface area contributed by atoms with Gasteiger partial charge in [0.1, 0.15) is 5.01 Å². The third kappa shape index (κ3) is 3.90. The maximum Gasteiger partial charge on any atom is 0.123 e. The maximum absolute atomic E-state index is 4.48. The molecule has 0 atom stereocenters. The van der Waals surface area contributed by atoms with E-state index in [9.17, 15) is 0 Å². The molecule has 0 saturated heterocycles. The number of thiazole rings is 1. The van der Waals surface area contributed by atoms with Gasteiger partial charge in [0.2, 0.25) is 0 Å². The Balaban J connectivity index is 1.99. The molecule has 0 aliphatic carbocycles. The fourth-order valence-corrected chi connectivity index (χ4v) is 2.75. The number of hydrogen-bond acceptors (Lipinski definition) is 3. The van der Waals surface area contributed by atoms with Crippen LogP contribution in [0, 0.1) is 5.92 Å². The fraction of sp³-hybridized carbons (Fsp3) is 0.357. The molecule has 1 heterocycles. The van der Waals surface area contributed by atoms with Gasteiger partial charge in [-0.05, 0) is 24.6 Å². The molecular formula is C14H17BrN2S. The van der Waals surface area contributed by atoms with Crippen molar-refractivity contribution in [2.45, 2.75) is 20.4 Å². The lowest BCUT2D eigenvalue weighted by Gasteiger charge is -2.04. The summed E-state index contributed by atoms with van der Waals surface area (Å²) < 4.78 is 1.10. The SMILES string of the molecule is CC(C)CNCc1cnc(-c2ccc(Br)cc2)s1. The van der Waals surface area contributed by atoms with E-state index in [0.717, 1.165) is 22.6 Å². The molecule has 0 aliphatic rings. The second-order valence-corrected chi connectivity index (χ2v) is 6.69. The molecule has 0 saturated carbocycles. The lowest BCUT2D eigenvalue weighted by Crippen LogP contribution is -2.18. The van der Waals surface area contributed by atoms with E-state index in [2.05, 4.69) is 52.2 Å². The van der Waals surface area contributed by atoms with Gasteiger partial charge in [0.05, 0.1) is 0 Å². The third-order valence-corrected chi connectivity index (χ3v) is 4.07. The molecule has 1 aromatic carbocycles. The summed E-state index contributed by atoms with van der Waals surface area (Å²) in [5.41, 5.74) is 1.18. The predicted octanol–water partition coefficient (Wildman–Crippen LogP) is 4.32. The standard InChI is InChI=1S/C14H17BrN2S/c1-10(2)7-16-8-13-9-17-14(18-13)11-3-5-12(15)6-4-11/h3-6,9-10,16H,7-8H2,1-2H3. The zero-order chi connectivity index (χ0) is 13.0. The van der Waals surface area contributed by atoms with E-state index >= 15 is 0 Å². The first kappa shape index (κ1) is 13.7. The van der Waals surface area contributed by atoms with Gasteiger partial charge in [0.25, 0.3) is 0 Å². The normalized spacial score (nSPS) is 11.1. The number of nitrogens with one attached hydrogen (secondary N) is 1. The molecule has 96 valence electrons. The van der Waals surface area contributed by atoms with Gasteiger partial charge in [-0.3, -0.25) is 0 Å². The van der Waals surface area contributed by atoms with E-state index in [4.69, 9.17) is 0 Å². The minimum atomic E-state index is 0.684. The fourth-order valence-electron chi connectivity index (χ4n) is 1.60. The van der Waals surface area contributed by atoms with Gasteiger partial charge in [0.15, 0.2) is 0 Å². The summed E-state index contributed by atoms with van der Waals surface area (Å²) in [5.74, 6) is 0.684. The first-order chi connectivity index (χ1) is 8.65. The molecule has 0 unspecified atom stereocenters. The van der Waals surface area contributed by atoms with Crippen LogP contribution in [0.25, 0.3) is 10.6 Å². The predicted molar refractivity (Wildman–Crippen MR) is 81.8 cm³/mol. The molecular weight excluding hydrogens is 308 g/mol. The van der Waals surface area contributed by atoms with Gasteiger partial charge in [0, 0.05) is 27.7 Å². The molecule has 2 aromatic rings. The van der Waals surface area contributed by atoms with Gasteiger partial charge >= 0.3 is 0 Å². The van der Waals surface area contributed by atoms with Crippen LogP contribution in [0.2, 0.25) is 0 Å². The summed E-state index contributed by atoms with van der Waals surface area (Å²) in [6.07, 6.45) is 1.97. The van der Waals surface area contributed by atoms with E-state index < -0.39 is 0 Å². The summed E-state index contributed by atoms with van der Waals surface area (Å²) in [6, 6.07) is 8.28. The van der Waals surface area contributed by atoms with Crippen LogP contribution in [-0.4, -0.2) is 11.5 Å². The minimum Gasteiger partial charge on any atom is -0.312 e. The third-order valence-electron chi connectivity index (χ3n) is 2.50. The lowest BCUT2D eigenvalue weighted by atomic mass is 10.2. The van der Waals surface area contributed by atoms with Crippen molar-refractivity contribution in [1.82, 2.24) is 10.3 Å². The molecule has 0 fully saturated rings. The van der Waals surface area contributed by atoms with Crippen LogP contribution >= 0.6 is 27.3 Å². The molecule has 0 radical (unpaired) electrons. The Morgan fingerprint density at radius 1 is 1.28 bits per heavy atom. The Morgan fingerprint density at radius 2 is 2.00 bits per heavy atom. The van der Waals surface area contributed by atoms with Crippen molar-refractivity contribution in [2.75, 3.05) is 6.54 Å². The van der Waals surface area contributed by atoms with Gasteiger partial charge in [-0.2, -0.15) is 0 Å². The molecule has 4 heteroatoms. The van der Waals surface area contributed by atoms with Gasteiger partial charge in [-0.25, -0.2) is 4.98 Å². The van der Waals surface area contributed by atoms with Crippen molar-refractivity contribution in [3.05, 3.63) is 39.8 Å². The number of nitrogens with zero attached hydrogens (tertiary/aromatic N) is 1. The topological polar surface area (TPSA) is 24.9 Å². The van der Waals surface area contributed by atoms with Crippen molar-refractivity contribution >= 4 is 27.3 Å². The summed E-state index contributed by atoms with van der Waals surface area (Å²) in [7, 11) is 0. The number of benzene rings is 1. The summed E-state index contributed by atoms with van der Waals surface area (Å²) in [6.45, 7) is 6.39. The van der Waals surface area contributed by atoms with E-state index in [1.807, 2.05) is 18.3 Å². The average molecular weight is 325 g/mol. The van der Waals surface area contributed by atoms with Crippen LogP contribution in [0.15, 0.2) is 34.9 Å². The van der Waals surface area contributed by atoms with E-state index in [1.54, 1.807) is 11.3 Å². The molecule has 1 N–H and O–H groups in total. The molecule has 18 heavy (non-hydrogen) atoms. The van der Waals surface area contributed by atoms with Crippen molar-refractivity contribution in [3.8, 4) is 10.6 Å². The highest BCUT2D eigenvalue weighted by Crippen LogP contribution is 2.26. The largest absolute Gasteiger partial charge is 0.312 e. The van der Waals surface area contributed by atoms with Crippen molar-refractivity contribution < 1.29 is 0 Å². The molecule has 1 aromatic heterocycles. The van der Waals surface area contributed by atoms with Gasteiger partial charge in [-0.1, -0.05) is 41.9 Å². The van der Waals surface area contributed by atoms with E-state index in [1.165, 1.54) is 10.4 Å². The number of hydrogen-bond donors (Lipinski definition) is 1. The van der Waals surface area contributed by atoms with Crippen LogP contribution in [0.1, 0.15) is 18.7 Å². The maximum atomic E-state index is 4.48. The number of halogens is 1. The van der Waals surface area contributed by atoms with Crippen LogP contribution in [0.5, 0.6) is 0 Å². The minimum absolute atomic E-state index is 0.684. The highest BCUT2D eigenvalue weighted by molar-refractivity contribution is 9.10. The summed E-state index contributed by atoms with van der Waals surface area (Å²) in [5, 5.41) is 4.52.